The summed E-state index contributed by atoms with van der Waals surface area (Å²) in [5.41, 5.74) is 1.44. The summed E-state index contributed by atoms with van der Waals surface area (Å²) in [5, 5.41) is 16.7. The molecular formula is C9H8N3O2-. The van der Waals surface area contributed by atoms with Crippen LogP contribution in [0.1, 0.15) is 10.5 Å². The smallest absolute Gasteiger partial charge is 0.109 e. The molecule has 2 rings (SSSR count). The van der Waals surface area contributed by atoms with E-state index in [0.717, 1.165) is 5.69 Å². The van der Waals surface area contributed by atoms with Gasteiger partial charge < -0.3 is 14.5 Å². The molecule has 2 heterocycles. The average Bonchev–Trinajstić information content (AvgIpc) is 2.71. The Hall–Kier alpha value is -2.04. The third kappa shape index (κ3) is 1.28. The third-order valence-electron chi connectivity index (χ3n) is 2.00. The van der Waals surface area contributed by atoms with E-state index in [1.807, 2.05) is 29.9 Å². The number of aryl methyl sites for hydroxylation is 1. The lowest BCUT2D eigenvalue weighted by molar-refractivity contribution is -0.255. The largest absolute Gasteiger partial charge is 0.543 e. The zero-order valence-electron chi connectivity index (χ0n) is 7.52. The van der Waals surface area contributed by atoms with Gasteiger partial charge in [0, 0.05) is 13.2 Å². The molecule has 0 radical (unpaired) electrons. The zero-order chi connectivity index (χ0) is 10.1. The first-order valence-corrected chi connectivity index (χ1v) is 4.07. The number of nitrogens with one attached hydrogen (secondary N) is 1. The fourth-order valence-electron chi connectivity index (χ4n) is 1.28. The number of carbonyl (C=O) groups is 1. The highest BCUT2D eigenvalue weighted by Gasteiger charge is 2.06. The molecule has 2 aromatic rings. The van der Waals surface area contributed by atoms with Crippen molar-refractivity contribution in [1.29, 1.82) is 0 Å². The van der Waals surface area contributed by atoms with Gasteiger partial charge in [-0.05, 0) is 18.2 Å². The highest BCUT2D eigenvalue weighted by atomic mass is 16.4. The minimum atomic E-state index is -1.25. The summed E-state index contributed by atoms with van der Waals surface area (Å²) in [5.74, 6) is -1.25. The number of hydrogen-bond donors (Lipinski definition) is 1. The van der Waals surface area contributed by atoms with Crippen molar-refractivity contribution in [2.75, 3.05) is 0 Å². The van der Waals surface area contributed by atoms with Gasteiger partial charge in [-0.2, -0.15) is 5.10 Å². The van der Waals surface area contributed by atoms with Crippen LogP contribution < -0.4 is 5.11 Å². The van der Waals surface area contributed by atoms with Gasteiger partial charge in [-0.15, -0.1) is 0 Å². The van der Waals surface area contributed by atoms with E-state index in [-0.39, 0.29) is 5.69 Å². The summed E-state index contributed by atoms with van der Waals surface area (Å²) < 4.78 is 1.86. The monoisotopic (exact) mass is 190 g/mol. The van der Waals surface area contributed by atoms with Crippen LogP contribution in [-0.2, 0) is 7.05 Å². The molecule has 0 aliphatic carbocycles. The Morgan fingerprint density at radius 1 is 1.64 bits per heavy atom. The second kappa shape index (κ2) is 3.02. The molecular weight excluding hydrogens is 182 g/mol. The lowest BCUT2D eigenvalue weighted by Gasteiger charge is -1.97. The normalized spacial score (nSPS) is 10.4. The number of aromatic nitrogens is 3. The summed E-state index contributed by atoms with van der Waals surface area (Å²) in [6.45, 7) is 0. The summed E-state index contributed by atoms with van der Waals surface area (Å²) in [6.07, 6.45) is 1.86. The molecule has 1 N–H and O–H groups in total. The maximum atomic E-state index is 10.5. The Labute approximate surface area is 80.0 Å². The van der Waals surface area contributed by atoms with Gasteiger partial charge in [0.25, 0.3) is 0 Å². The van der Waals surface area contributed by atoms with Crippen LogP contribution in [0.3, 0.4) is 0 Å². The molecule has 2 aromatic heterocycles. The molecule has 0 aromatic carbocycles. The van der Waals surface area contributed by atoms with Crippen molar-refractivity contribution in [3.63, 3.8) is 0 Å². The molecule has 0 amide bonds. The van der Waals surface area contributed by atoms with Gasteiger partial charge in [-0.3, -0.25) is 5.10 Å². The summed E-state index contributed by atoms with van der Waals surface area (Å²) >= 11 is 0. The maximum absolute atomic E-state index is 10.5. The summed E-state index contributed by atoms with van der Waals surface area (Å²) in [4.78, 5) is 10.5. The predicted octanol–water partition coefficient (Wildman–Crippen LogP) is -0.221. The molecule has 0 saturated heterocycles. The Morgan fingerprint density at radius 3 is 2.93 bits per heavy atom. The lowest BCUT2D eigenvalue weighted by atomic mass is 10.3. The predicted molar refractivity (Wildman–Crippen MR) is 47.3 cm³/mol. The second-order valence-electron chi connectivity index (χ2n) is 2.96. The van der Waals surface area contributed by atoms with Crippen molar-refractivity contribution >= 4 is 5.97 Å². The van der Waals surface area contributed by atoms with E-state index in [2.05, 4.69) is 10.2 Å². The van der Waals surface area contributed by atoms with Crippen LogP contribution in [0.4, 0.5) is 0 Å². The van der Waals surface area contributed by atoms with Gasteiger partial charge in [-0.1, -0.05) is 0 Å². The van der Waals surface area contributed by atoms with Crippen LogP contribution in [-0.4, -0.2) is 20.7 Å². The Kier molecular flexibility index (Phi) is 1.85. The van der Waals surface area contributed by atoms with Crippen molar-refractivity contribution in [3.05, 3.63) is 30.1 Å². The van der Waals surface area contributed by atoms with Gasteiger partial charge in [0.2, 0.25) is 0 Å². The van der Waals surface area contributed by atoms with Crippen LogP contribution in [0.25, 0.3) is 11.4 Å². The second-order valence-corrected chi connectivity index (χ2v) is 2.96. The molecule has 0 aliphatic rings. The standard InChI is InChI=1S/C9H9N3O2/c1-12-4-2-3-8(12)6-5-7(9(13)14)11-10-6/h2-5H,1H3,(H,10,11)(H,13,14)/p-1. The SMILES string of the molecule is Cn1cccc1-c1cc(C(=O)[O-])[nH]n1. The number of aromatic carboxylic acids is 1. The Morgan fingerprint density at radius 2 is 2.43 bits per heavy atom. The molecule has 0 bridgehead atoms. The minimum Gasteiger partial charge on any atom is -0.543 e. The number of carboxylic acids is 1. The van der Waals surface area contributed by atoms with Gasteiger partial charge in [0.05, 0.1) is 17.4 Å². The van der Waals surface area contributed by atoms with Crippen molar-refractivity contribution < 1.29 is 9.90 Å². The van der Waals surface area contributed by atoms with E-state index >= 15 is 0 Å². The molecule has 5 nitrogen and oxygen atoms in total. The van der Waals surface area contributed by atoms with Gasteiger partial charge in [-0.25, -0.2) is 0 Å². The lowest BCUT2D eigenvalue weighted by Crippen LogP contribution is -2.22. The highest BCUT2D eigenvalue weighted by molar-refractivity contribution is 5.84. The highest BCUT2D eigenvalue weighted by Crippen LogP contribution is 2.16. The van der Waals surface area contributed by atoms with Gasteiger partial charge >= 0.3 is 0 Å². The van der Waals surface area contributed by atoms with Crippen molar-refractivity contribution in [1.82, 2.24) is 14.8 Å². The first-order valence-electron chi connectivity index (χ1n) is 4.07. The van der Waals surface area contributed by atoms with E-state index in [0.29, 0.717) is 5.69 Å². The maximum Gasteiger partial charge on any atom is 0.109 e. The molecule has 0 aliphatic heterocycles. The van der Waals surface area contributed by atoms with Crippen molar-refractivity contribution in [2.24, 2.45) is 7.05 Å². The molecule has 0 atom stereocenters. The Balaban J connectivity index is 2.43. The van der Waals surface area contributed by atoms with Crippen LogP contribution in [0.5, 0.6) is 0 Å². The third-order valence-corrected chi connectivity index (χ3v) is 2.00. The molecule has 0 unspecified atom stereocenters. The fourth-order valence-corrected chi connectivity index (χ4v) is 1.28. The van der Waals surface area contributed by atoms with Crippen molar-refractivity contribution in [3.8, 4) is 11.4 Å². The number of H-pyrrole nitrogens is 1. The fraction of sp³-hybridized carbons (Fsp3) is 0.111. The van der Waals surface area contributed by atoms with Crippen LogP contribution in [0.15, 0.2) is 24.4 Å². The Bertz CT molecular complexity index is 470. The van der Waals surface area contributed by atoms with E-state index in [1.54, 1.807) is 0 Å². The van der Waals surface area contributed by atoms with E-state index in [4.69, 9.17) is 0 Å². The number of hydrogen-bond acceptors (Lipinski definition) is 3. The van der Waals surface area contributed by atoms with Crippen LogP contribution >= 0.6 is 0 Å². The number of nitrogens with zero attached hydrogens (tertiary/aromatic N) is 2. The quantitative estimate of drug-likeness (QED) is 0.711. The number of carbonyl (C=O) groups excluding carboxylic acids is 1. The van der Waals surface area contributed by atoms with Crippen LogP contribution in [0.2, 0.25) is 0 Å². The van der Waals surface area contributed by atoms with E-state index < -0.39 is 5.97 Å². The first-order chi connectivity index (χ1) is 6.68. The summed E-state index contributed by atoms with van der Waals surface area (Å²) in [6, 6.07) is 5.17. The number of aromatic amines is 1. The molecule has 5 heteroatoms. The van der Waals surface area contributed by atoms with Crippen LogP contribution in [0, 0.1) is 0 Å². The van der Waals surface area contributed by atoms with Gasteiger partial charge in [0.1, 0.15) is 5.69 Å². The number of rotatable bonds is 2. The van der Waals surface area contributed by atoms with Crippen molar-refractivity contribution in [2.45, 2.75) is 0 Å². The minimum absolute atomic E-state index is 0.0128. The molecule has 72 valence electrons. The first kappa shape index (κ1) is 8.55. The topological polar surface area (TPSA) is 73.7 Å². The molecule has 14 heavy (non-hydrogen) atoms. The number of carboxylic acid groups (broad SMARTS) is 1. The molecule has 0 saturated carbocycles. The van der Waals surface area contributed by atoms with E-state index in [1.165, 1.54) is 6.07 Å². The van der Waals surface area contributed by atoms with E-state index in [9.17, 15) is 9.90 Å². The summed E-state index contributed by atoms with van der Waals surface area (Å²) in [7, 11) is 1.86. The molecule has 0 fully saturated rings. The average molecular weight is 190 g/mol. The van der Waals surface area contributed by atoms with Gasteiger partial charge in [0.15, 0.2) is 0 Å². The molecule has 0 spiro atoms. The zero-order valence-corrected chi connectivity index (χ0v) is 7.52.